The van der Waals surface area contributed by atoms with Gasteiger partial charge in [0.05, 0.1) is 13.2 Å². The zero-order valence-electron chi connectivity index (χ0n) is 20.3. The highest BCUT2D eigenvalue weighted by atomic mass is 16.5. The summed E-state index contributed by atoms with van der Waals surface area (Å²) >= 11 is 0. The summed E-state index contributed by atoms with van der Waals surface area (Å²) in [6, 6.07) is 28.7. The van der Waals surface area contributed by atoms with Gasteiger partial charge in [-0.15, -0.1) is 0 Å². The number of ether oxygens (including phenoxy) is 1. The van der Waals surface area contributed by atoms with E-state index < -0.39 is 36.0 Å². The molecule has 3 N–H and O–H groups in total. The summed E-state index contributed by atoms with van der Waals surface area (Å²) in [6.07, 6.45) is -1.50. The van der Waals surface area contributed by atoms with E-state index in [0.29, 0.717) is 11.1 Å². The van der Waals surface area contributed by atoms with E-state index in [1.165, 1.54) is 7.11 Å². The van der Waals surface area contributed by atoms with E-state index >= 15 is 0 Å². The Morgan fingerprint density at radius 2 is 1.41 bits per heavy atom. The molecule has 0 heterocycles. The van der Waals surface area contributed by atoms with Crippen LogP contribution in [0.1, 0.15) is 27.5 Å². The Bertz CT molecular complexity index is 1370. The van der Waals surface area contributed by atoms with Crippen LogP contribution in [0, 0.1) is 0 Å². The molecule has 3 atom stereocenters. The predicted octanol–water partition coefficient (Wildman–Crippen LogP) is 3.57. The standard InChI is InChI=1S/C30H28N2O5/c1-37-30(36)25(19-20-16-17-21-10-8-9-15-24(21)18-20)31-29(35)27(33)26(22-11-4-2-5-12-22)32-28(34)23-13-6-3-7-14-23/h2-18,25-27,33H,19H2,1H3,(H,31,35)(H,32,34)/t25-,26-,27+/m0/s1. The molecule has 0 radical (unpaired) electrons. The molecule has 0 aromatic heterocycles. The minimum Gasteiger partial charge on any atom is -0.467 e. The van der Waals surface area contributed by atoms with Crippen LogP contribution in [0.3, 0.4) is 0 Å². The first kappa shape index (κ1) is 25.6. The summed E-state index contributed by atoms with van der Waals surface area (Å²) in [5.74, 6) is -1.89. The Balaban J connectivity index is 1.54. The van der Waals surface area contributed by atoms with Crippen LogP contribution in [-0.2, 0) is 20.7 Å². The van der Waals surface area contributed by atoms with Gasteiger partial charge in [-0.1, -0.05) is 91.0 Å². The van der Waals surface area contributed by atoms with Crippen LogP contribution in [0.5, 0.6) is 0 Å². The number of hydrogen-bond donors (Lipinski definition) is 3. The summed E-state index contributed by atoms with van der Waals surface area (Å²) in [5, 5.41) is 18.5. The molecular formula is C30H28N2O5. The number of aliphatic hydroxyl groups excluding tert-OH is 1. The van der Waals surface area contributed by atoms with E-state index in [0.717, 1.165) is 16.3 Å². The van der Waals surface area contributed by atoms with Crippen LogP contribution in [-0.4, -0.2) is 42.1 Å². The maximum atomic E-state index is 13.2. The molecule has 188 valence electrons. The summed E-state index contributed by atoms with van der Waals surface area (Å²) in [4.78, 5) is 38.6. The van der Waals surface area contributed by atoms with Gasteiger partial charge in [0.2, 0.25) is 0 Å². The van der Waals surface area contributed by atoms with E-state index in [1.807, 2.05) is 42.5 Å². The zero-order chi connectivity index (χ0) is 26.2. The minimum atomic E-state index is -1.67. The van der Waals surface area contributed by atoms with E-state index in [4.69, 9.17) is 4.74 Å². The number of carbonyl (C=O) groups is 3. The molecule has 4 aromatic rings. The monoisotopic (exact) mass is 496 g/mol. The summed E-state index contributed by atoms with van der Waals surface area (Å²) < 4.78 is 4.92. The van der Waals surface area contributed by atoms with Crippen molar-refractivity contribution < 1.29 is 24.2 Å². The lowest BCUT2D eigenvalue weighted by Gasteiger charge is -2.26. The molecule has 4 aromatic carbocycles. The number of benzene rings is 4. The third-order valence-electron chi connectivity index (χ3n) is 6.12. The minimum absolute atomic E-state index is 0.169. The Morgan fingerprint density at radius 3 is 2.08 bits per heavy atom. The van der Waals surface area contributed by atoms with E-state index in [9.17, 15) is 19.5 Å². The van der Waals surface area contributed by atoms with Gasteiger partial charge in [0.25, 0.3) is 11.8 Å². The third kappa shape index (κ3) is 6.39. The van der Waals surface area contributed by atoms with Crippen molar-refractivity contribution in [2.24, 2.45) is 0 Å². The van der Waals surface area contributed by atoms with E-state index in [1.54, 1.807) is 60.7 Å². The third-order valence-corrected chi connectivity index (χ3v) is 6.12. The first-order valence-corrected chi connectivity index (χ1v) is 11.9. The molecule has 0 saturated carbocycles. The molecule has 7 nitrogen and oxygen atoms in total. The molecule has 7 heteroatoms. The second kappa shape index (κ2) is 12.0. The number of carbonyl (C=O) groups excluding carboxylic acids is 3. The summed E-state index contributed by atoms with van der Waals surface area (Å²) in [5.41, 5.74) is 1.75. The van der Waals surface area contributed by atoms with Crippen LogP contribution in [0.4, 0.5) is 0 Å². The predicted molar refractivity (Wildman–Crippen MR) is 141 cm³/mol. The van der Waals surface area contributed by atoms with E-state index in [2.05, 4.69) is 10.6 Å². The average Bonchev–Trinajstić information content (AvgIpc) is 2.95. The average molecular weight is 497 g/mol. The van der Waals surface area contributed by atoms with Crippen molar-refractivity contribution in [1.82, 2.24) is 10.6 Å². The summed E-state index contributed by atoms with van der Waals surface area (Å²) in [6.45, 7) is 0. The topological polar surface area (TPSA) is 105 Å². The quantitative estimate of drug-likeness (QED) is 0.307. The maximum Gasteiger partial charge on any atom is 0.328 e. The Hall–Kier alpha value is -4.49. The van der Waals surface area contributed by atoms with E-state index in [-0.39, 0.29) is 6.42 Å². The van der Waals surface area contributed by atoms with Crippen LogP contribution in [0.2, 0.25) is 0 Å². The molecule has 4 rings (SSSR count). The highest BCUT2D eigenvalue weighted by Crippen LogP contribution is 2.20. The Kier molecular flexibility index (Phi) is 8.28. The Labute approximate surface area is 215 Å². The lowest BCUT2D eigenvalue weighted by Crippen LogP contribution is -2.51. The molecular weight excluding hydrogens is 468 g/mol. The van der Waals surface area contributed by atoms with Crippen LogP contribution in [0.15, 0.2) is 103 Å². The second-order valence-electron chi connectivity index (χ2n) is 8.64. The van der Waals surface area contributed by atoms with Gasteiger partial charge in [-0.25, -0.2) is 4.79 Å². The highest BCUT2D eigenvalue weighted by molar-refractivity contribution is 5.95. The molecule has 2 amide bonds. The van der Waals surface area contributed by atoms with Gasteiger partial charge in [-0.2, -0.15) is 0 Å². The smallest absolute Gasteiger partial charge is 0.328 e. The molecule has 0 fully saturated rings. The van der Waals surface area contributed by atoms with Crippen molar-refractivity contribution in [2.45, 2.75) is 24.6 Å². The van der Waals surface area contributed by atoms with Gasteiger partial charge in [0.15, 0.2) is 6.10 Å². The van der Waals surface area contributed by atoms with Crippen molar-refractivity contribution in [3.8, 4) is 0 Å². The van der Waals surface area contributed by atoms with Gasteiger partial charge in [-0.3, -0.25) is 9.59 Å². The molecule has 0 saturated heterocycles. The number of methoxy groups -OCH3 is 1. The number of amides is 2. The zero-order valence-corrected chi connectivity index (χ0v) is 20.3. The second-order valence-corrected chi connectivity index (χ2v) is 8.64. The van der Waals surface area contributed by atoms with Crippen molar-refractivity contribution >= 4 is 28.6 Å². The van der Waals surface area contributed by atoms with Crippen molar-refractivity contribution in [3.63, 3.8) is 0 Å². The first-order chi connectivity index (χ1) is 18.0. The SMILES string of the molecule is COC(=O)[C@H](Cc1ccc2ccccc2c1)NC(=O)[C@H](O)[C@@H](NC(=O)c1ccccc1)c1ccccc1. The molecule has 0 aliphatic carbocycles. The lowest BCUT2D eigenvalue weighted by atomic mass is 9.98. The van der Waals surface area contributed by atoms with Crippen molar-refractivity contribution in [3.05, 3.63) is 120 Å². The largest absolute Gasteiger partial charge is 0.467 e. The van der Waals surface area contributed by atoms with Crippen LogP contribution >= 0.6 is 0 Å². The number of aliphatic hydroxyl groups is 1. The normalized spacial score (nSPS) is 13.2. The van der Waals surface area contributed by atoms with Crippen molar-refractivity contribution in [2.75, 3.05) is 7.11 Å². The lowest BCUT2D eigenvalue weighted by molar-refractivity contribution is -0.146. The summed E-state index contributed by atoms with van der Waals surface area (Å²) in [7, 11) is 1.24. The van der Waals surface area contributed by atoms with Gasteiger partial charge in [0.1, 0.15) is 6.04 Å². The first-order valence-electron chi connectivity index (χ1n) is 11.9. The molecule has 0 bridgehead atoms. The number of hydrogen-bond acceptors (Lipinski definition) is 5. The number of fused-ring (bicyclic) bond motifs is 1. The maximum absolute atomic E-state index is 13.2. The molecule has 0 unspecified atom stereocenters. The number of esters is 1. The van der Waals surface area contributed by atoms with Crippen molar-refractivity contribution in [1.29, 1.82) is 0 Å². The van der Waals surface area contributed by atoms with Gasteiger partial charge < -0.3 is 20.5 Å². The number of rotatable bonds is 9. The molecule has 0 aliphatic heterocycles. The molecule has 0 spiro atoms. The van der Waals surface area contributed by atoms with Gasteiger partial charge in [0, 0.05) is 12.0 Å². The fraction of sp³-hybridized carbons (Fsp3) is 0.167. The highest BCUT2D eigenvalue weighted by Gasteiger charge is 2.32. The van der Waals surface area contributed by atoms with Crippen LogP contribution in [0.25, 0.3) is 10.8 Å². The fourth-order valence-electron chi connectivity index (χ4n) is 4.16. The molecule has 37 heavy (non-hydrogen) atoms. The number of nitrogens with one attached hydrogen (secondary N) is 2. The molecule has 0 aliphatic rings. The fourth-order valence-corrected chi connectivity index (χ4v) is 4.16. The van der Waals surface area contributed by atoms with Crippen LogP contribution < -0.4 is 10.6 Å². The van der Waals surface area contributed by atoms with Gasteiger partial charge in [-0.05, 0) is 34.0 Å². The van der Waals surface area contributed by atoms with Gasteiger partial charge >= 0.3 is 5.97 Å². The Morgan fingerprint density at radius 1 is 0.784 bits per heavy atom.